The van der Waals surface area contributed by atoms with Gasteiger partial charge in [0.1, 0.15) is 10.8 Å². The molecular formula is C15H19FN2OS. The first-order chi connectivity index (χ1) is 9.69. The lowest BCUT2D eigenvalue weighted by molar-refractivity contribution is 0.184. The van der Waals surface area contributed by atoms with E-state index in [-0.39, 0.29) is 5.82 Å². The van der Waals surface area contributed by atoms with Crippen LogP contribution in [0.5, 0.6) is 0 Å². The van der Waals surface area contributed by atoms with Gasteiger partial charge >= 0.3 is 0 Å². The molecule has 20 heavy (non-hydrogen) atoms. The molecule has 108 valence electrons. The molecule has 0 bridgehead atoms. The molecule has 0 amide bonds. The average Bonchev–Trinajstić information content (AvgIpc) is 2.92. The van der Waals surface area contributed by atoms with Gasteiger partial charge in [-0.2, -0.15) is 0 Å². The van der Waals surface area contributed by atoms with Gasteiger partial charge in [-0.3, -0.25) is 0 Å². The molecule has 1 aromatic heterocycles. The van der Waals surface area contributed by atoms with E-state index in [1.807, 2.05) is 5.38 Å². The van der Waals surface area contributed by atoms with Gasteiger partial charge in [-0.1, -0.05) is 0 Å². The molecule has 0 radical (unpaired) electrons. The number of hydrogen-bond acceptors (Lipinski definition) is 4. The second-order valence-electron chi connectivity index (χ2n) is 4.71. The highest BCUT2D eigenvalue weighted by molar-refractivity contribution is 7.13. The number of thiazole rings is 1. The van der Waals surface area contributed by atoms with Crippen molar-refractivity contribution < 1.29 is 9.13 Å². The van der Waals surface area contributed by atoms with E-state index < -0.39 is 0 Å². The molecule has 2 aromatic rings. The van der Waals surface area contributed by atoms with Gasteiger partial charge < -0.3 is 10.1 Å². The van der Waals surface area contributed by atoms with Crippen molar-refractivity contribution in [2.45, 2.75) is 25.9 Å². The summed E-state index contributed by atoms with van der Waals surface area (Å²) >= 11 is 1.58. The maximum Gasteiger partial charge on any atom is 0.123 e. The second-order valence-corrected chi connectivity index (χ2v) is 5.57. The first-order valence-corrected chi connectivity index (χ1v) is 7.49. The zero-order valence-electron chi connectivity index (χ0n) is 11.7. The van der Waals surface area contributed by atoms with Crippen molar-refractivity contribution in [3.63, 3.8) is 0 Å². The normalized spacial score (nSPS) is 12.6. The zero-order chi connectivity index (χ0) is 14.4. The molecule has 1 unspecified atom stereocenters. The maximum absolute atomic E-state index is 12.9. The summed E-state index contributed by atoms with van der Waals surface area (Å²) in [5.41, 5.74) is 1.97. The van der Waals surface area contributed by atoms with Gasteiger partial charge in [0, 0.05) is 37.2 Å². The Morgan fingerprint density at radius 2 is 2.10 bits per heavy atom. The molecule has 1 N–H and O–H groups in total. The molecular weight excluding hydrogens is 275 g/mol. The largest absolute Gasteiger partial charge is 0.385 e. The molecule has 2 rings (SSSR count). The van der Waals surface area contributed by atoms with E-state index in [1.165, 1.54) is 12.1 Å². The Morgan fingerprint density at radius 1 is 1.35 bits per heavy atom. The van der Waals surface area contributed by atoms with Crippen molar-refractivity contribution in [3.8, 4) is 10.6 Å². The molecule has 1 heterocycles. The number of methoxy groups -OCH3 is 1. The monoisotopic (exact) mass is 294 g/mol. The third-order valence-electron chi connectivity index (χ3n) is 3.03. The summed E-state index contributed by atoms with van der Waals surface area (Å²) in [6, 6.07) is 6.83. The lowest BCUT2D eigenvalue weighted by Gasteiger charge is -2.11. The van der Waals surface area contributed by atoms with Gasteiger partial charge in [-0.25, -0.2) is 9.37 Å². The third kappa shape index (κ3) is 4.37. The van der Waals surface area contributed by atoms with Crippen LogP contribution in [0.3, 0.4) is 0 Å². The number of benzene rings is 1. The Morgan fingerprint density at radius 3 is 2.80 bits per heavy atom. The summed E-state index contributed by atoms with van der Waals surface area (Å²) in [5, 5.41) is 6.37. The van der Waals surface area contributed by atoms with Crippen molar-refractivity contribution in [3.05, 3.63) is 41.2 Å². The lowest BCUT2D eigenvalue weighted by Crippen LogP contribution is -2.26. The Bertz CT molecular complexity index is 527. The highest BCUT2D eigenvalue weighted by Gasteiger charge is 2.06. The van der Waals surface area contributed by atoms with E-state index >= 15 is 0 Å². The number of hydrogen-bond donors (Lipinski definition) is 1. The summed E-state index contributed by atoms with van der Waals surface area (Å²) in [5.74, 6) is -0.223. The first kappa shape index (κ1) is 15.1. The fraction of sp³-hybridized carbons (Fsp3) is 0.400. The van der Waals surface area contributed by atoms with Crippen molar-refractivity contribution >= 4 is 11.3 Å². The topological polar surface area (TPSA) is 34.1 Å². The lowest BCUT2D eigenvalue weighted by atomic mass is 10.2. The van der Waals surface area contributed by atoms with Gasteiger partial charge in [0.05, 0.1) is 5.69 Å². The Labute approximate surface area is 122 Å². The number of rotatable bonds is 7. The van der Waals surface area contributed by atoms with Gasteiger partial charge in [0.25, 0.3) is 0 Å². The Balaban J connectivity index is 1.90. The molecule has 0 aliphatic carbocycles. The second kappa shape index (κ2) is 7.47. The third-order valence-corrected chi connectivity index (χ3v) is 3.97. The van der Waals surface area contributed by atoms with E-state index in [4.69, 9.17) is 4.74 Å². The molecule has 0 saturated carbocycles. The molecule has 3 nitrogen and oxygen atoms in total. The minimum atomic E-state index is -0.223. The molecule has 0 fully saturated rings. The Kier molecular flexibility index (Phi) is 5.64. The summed E-state index contributed by atoms with van der Waals surface area (Å²) in [6.45, 7) is 3.63. The van der Waals surface area contributed by atoms with Gasteiger partial charge in [0.2, 0.25) is 0 Å². The minimum Gasteiger partial charge on any atom is -0.385 e. The van der Waals surface area contributed by atoms with Crippen LogP contribution in [0.2, 0.25) is 0 Å². The van der Waals surface area contributed by atoms with E-state index in [0.717, 1.165) is 35.8 Å². The van der Waals surface area contributed by atoms with Crippen molar-refractivity contribution in [2.75, 3.05) is 13.7 Å². The highest BCUT2D eigenvalue weighted by Crippen LogP contribution is 2.23. The van der Waals surface area contributed by atoms with Crippen LogP contribution in [0, 0.1) is 5.82 Å². The molecule has 5 heteroatoms. The summed E-state index contributed by atoms with van der Waals surface area (Å²) in [7, 11) is 1.71. The smallest absolute Gasteiger partial charge is 0.123 e. The molecule has 0 saturated heterocycles. The number of ether oxygens (including phenoxy) is 1. The molecule has 0 aliphatic heterocycles. The van der Waals surface area contributed by atoms with E-state index in [1.54, 1.807) is 30.6 Å². The van der Waals surface area contributed by atoms with Crippen LogP contribution in [0.1, 0.15) is 19.0 Å². The van der Waals surface area contributed by atoms with Crippen molar-refractivity contribution in [1.82, 2.24) is 10.3 Å². The average molecular weight is 294 g/mol. The molecule has 0 spiro atoms. The van der Waals surface area contributed by atoms with Crippen LogP contribution >= 0.6 is 11.3 Å². The number of aromatic nitrogens is 1. The number of halogens is 1. The van der Waals surface area contributed by atoms with Crippen LogP contribution in [0.4, 0.5) is 4.39 Å². The zero-order valence-corrected chi connectivity index (χ0v) is 12.5. The summed E-state index contributed by atoms with van der Waals surface area (Å²) in [6.07, 6.45) is 0.978. The summed E-state index contributed by atoms with van der Waals surface area (Å²) in [4.78, 5) is 4.56. The fourth-order valence-electron chi connectivity index (χ4n) is 1.79. The maximum atomic E-state index is 12.9. The van der Waals surface area contributed by atoms with E-state index in [2.05, 4.69) is 17.2 Å². The standard InChI is InChI=1S/C15H19FN2OS/c1-11(7-8-19-2)17-9-14-10-20-15(18-14)12-3-5-13(16)6-4-12/h3-6,10-11,17H,7-9H2,1-2H3. The minimum absolute atomic E-state index is 0.223. The molecule has 1 atom stereocenters. The Hall–Kier alpha value is -1.30. The van der Waals surface area contributed by atoms with Crippen molar-refractivity contribution in [2.24, 2.45) is 0 Å². The van der Waals surface area contributed by atoms with Crippen LogP contribution in [-0.2, 0) is 11.3 Å². The van der Waals surface area contributed by atoms with Gasteiger partial charge in [-0.15, -0.1) is 11.3 Å². The van der Waals surface area contributed by atoms with E-state index in [9.17, 15) is 4.39 Å². The van der Waals surface area contributed by atoms with Crippen LogP contribution in [0.25, 0.3) is 10.6 Å². The van der Waals surface area contributed by atoms with Gasteiger partial charge in [-0.05, 0) is 37.6 Å². The predicted molar refractivity (Wildman–Crippen MR) is 80.3 cm³/mol. The highest BCUT2D eigenvalue weighted by atomic mass is 32.1. The predicted octanol–water partition coefficient (Wildman–Crippen LogP) is 3.46. The molecule has 0 aliphatic rings. The van der Waals surface area contributed by atoms with Crippen LogP contribution in [0.15, 0.2) is 29.6 Å². The van der Waals surface area contributed by atoms with Crippen LogP contribution in [-0.4, -0.2) is 24.7 Å². The van der Waals surface area contributed by atoms with Crippen LogP contribution < -0.4 is 5.32 Å². The number of nitrogens with zero attached hydrogens (tertiary/aromatic N) is 1. The van der Waals surface area contributed by atoms with Crippen molar-refractivity contribution in [1.29, 1.82) is 0 Å². The summed E-state index contributed by atoms with van der Waals surface area (Å²) < 4.78 is 17.9. The number of nitrogens with one attached hydrogen (secondary N) is 1. The quantitative estimate of drug-likeness (QED) is 0.849. The van der Waals surface area contributed by atoms with E-state index in [0.29, 0.717) is 6.04 Å². The SMILES string of the molecule is COCCC(C)NCc1csc(-c2ccc(F)cc2)n1. The fourth-order valence-corrected chi connectivity index (χ4v) is 2.61. The first-order valence-electron chi connectivity index (χ1n) is 6.61. The molecule has 1 aromatic carbocycles. The van der Waals surface area contributed by atoms with Gasteiger partial charge in [0.15, 0.2) is 0 Å².